The molecule has 7 nitrogen and oxygen atoms in total. The minimum Gasteiger partial charge on any atom is -0.322 e. The Balaban J connectivity index is 1.60. The van der Waals surface area contributed by atoms with E-state index in [0.29, 0.717) is 25.9 Å². The predicted molar refractivity (Wildman–Crippen MR) is 132 cm³/mol. The first-order valence-electron chi connectivity index (χ1n) is 11.8. The van der Waals surface area contributed by atoms with Crippen LogP contribution in [0.1, 0.15) is 49.3 Å². The Morgan fingerprint density at radius 1 is 1.00 bits per heavy atom. The summed E-state index contributed by atoms with van der Waals surface area (Å²) >= 11 is 0. The molecule has 2 aliphatic rings. The van der Waals surface area contributed by atoms with Gasteiger partial charge in [0.25, 0.3) is 0 Å². The van der Waals surface area contributed by atoms with Crippen molar-refractivity contribution in [1.29, 1.82) is 0 Å². The highest BCUT2D eigenvalue weighted by atomic mass is 32.2. The summed E-state index contributed by atoms with van der Waals surface area (Å²) in [7, 11) is -1.48. The van der Waals surface area contributed by atoms with E-state index in [9.17, 15) is 18.0 Å². The van der Waals surface area contributed by atoms with Crippen molar-refractivity contribution in [2.75, 3.05) is 26.4 Å². The maximum absolute atomic E-state index is 13.8. The van der Waals surface area contributed by atoms with Crippen molar-refractivity contribution in [1.82, 2.24) is 14.1 Å². The van der Waals surface area contributed by atoms with Gasteiger partial charge in [-0.15, -0.1) is 0 Å². The van der Waals surface area contributed by atoms with E-state index < -0.39 is 10.0 Å². The fourth-order valence-electron chi connectivity index (χ4n) is 5.38. The average molecular weight is 484 g/mol. The molecule has 2 saturated heterocycles. The van der Waals surface area contributed by atoms with Crippen molar-refractivity contribution in [3.8, 4) is 0 Å². The number of carbonyl (C=O) groups excluding carboxylic acids is 2. The van der Waals surface area contributed by atoms with Crippen molar-refractivity contribution < 1.29 is 18.0 Å². The minimum atomic E-state index is -3.23. The molecule has 0 spiro atoms. The Kier molecular flexibility index (Phi) is 7.09. The summed E-state index contributed by atoms with van der Waals surface area (Å²) in [5, 5.41) is 0. The Morgan fingerprint density at radius 3 is 2.12 bits per heavy atom. The molecule has 2 fully saturated rings. The Bertz CT molecular complexity index is 1120. The molecule has 2 aliphatic heterocycles. The molecule has 2 aromatic carbocycles. The molecular weight excluding hydrogens is 450 g/mol. The van der Waals surface area contributed by atoms with E-state index in [1.165, 1.54) is 15.5 Å². The molecular formula is C26H33N3O4S. The fraction of sp³-hybridized carbons (Fsp3) is 0.462. The number of urea groups is 1. The molecule has 3 atom stereocenters. The number of benzene rings is 2. The minimum absolute atomic E-state index is 0.0826. The molecule has 3 amide bonds. The summed E-state index contributed by atoms with van der Waals surface area (Å²) in [4.78, 5) is 30.0. The molecule has 2 aromatic rings. The fourth-order valence-corrected chi connectivity index (χ4v) is 6.26. The second kappa shape index (κ2) is 9.88. The third-order valence-corrected chi connectivity index (χ3v) is 8.73. The molecule has 0 radical (unpaired) electrons. The first-order chi connectivity index (χ1) is 16.2. The number of nitrogens with zero attached hydrogens (tertiary/aromatic N) is 3. The molecule has 0 aliphatic carbocycles. The summed E-state index contributed by atoms with van der Waals surface area (Å²) in [6.07, 6.45) is 2.83. The topological polar surface area (TPSA) is 78.0 Å². The van der Waals surface area contributed by atoms with Crippen LogP contribution in [0.4, 0.5) is 4.79 Å². The van der Waals surface area contributed by atoms with Crippen LogP contribution in [0.25, 0.3) is 0 Å². The molecule has 4 rings (SSSR count). The molecule has 182 valence electrons. The van der Waals surface area contributed by atoms with Gasteiger partial charge in [-0.25, -0.2) is 17.5 Å². The number of hydrogen-bond acceptors (Lipinski definition) is 4. The lowest BCUT2D eigenvalue weighted by Crippen LogP contribution is -2.41. The number of amides is 3. The van der Waals surface area contributed by atoms with E-state index in [2.05, 4.69) is 0 Å². The molecule has 0 N–H and O–H groups in total. The summed E-state index contributed by atoms with van der Waals surface area (Å²) in [5.74, 6) is -0.109. The first-order valence-corrected chi connectivity index (χ1v) is 13.7. The monoisotopic (exact) mass is 483 g/mol. The van der Waals surface area contributed by atoms with Crippen molar-refractivity contribution >= 4 is 22.0 Å². The lowest BCUT2D eigenvalue weighted by molar-refractivity contribution is -0.130. The van der Waals surface area contributed by atoms with Crippen LogP contribution in [-0.2, 0) is 14.8 Å². The number of hydrogen-bond donors (Lipinski definition) is 0. The quantitative estimate of drug-likeness (QED) is 0.625. The van der Waals surface area contributed by atoms with Gasteiger partial charge in [0.15, 0.2) is 0 Å². The van der Waals surface area contributed by atoms with Crippen molar-refractivity contribution in [2.24, 2.45) is 5.92 Å². The maximum atomic E-state index is 13.8. The highest BCUT2D eigenvalue weighted by molar-refractivity contribution is 7.88. The van der Waals surface area contributed by atoms with Crippen LogP contribution in [0, 0.1) is 5.92 Å². The summed E-state index contributed by atoms with van der Waals surface area (Å²) < 4.78 is 25.5. The standard InChI is InChI=1S/C26H33N3O4S/c1-19-25(22-12-8-5-9-13-22)29(26(31)27(19)2)24(30)18-23(20-10-6-4-7-11-20)21-14-16-28(17-15-21)34(3,32)33/h4-13,19,21,23,25H,14-18H2,1-3H3/t19-,23+,25+/m1/s1. The highest BCUT2D eigenvalue weighted by Crippen LogP contribution is 2.40. The number of piperidine rings is 1. The SMILES string of the molecule is C[C@@H]1[C@@H](c2ccccc2)N(C(=O)C[C@@H](c2ccccc2)C2CCN(S(C)(=O)=O)CC2)C(=O)N1C. The maximum Gasteiger partial charge on any atom is 0.327 e. The van der Waals surface area contributed by atoms with Gasteiger partial charge >= 0.3 is 6.03 Å². The summed E-state index contributed by atoms with van der Waals surface area (Å²) in [6, 6.07) is 18.9. The van der Waals surface area contributed by atoms with Crippen LogP contribution < -0.4 is 0 Å². The van der Waals surface area contributed by atoms with Gasteiger partial charge in [0, 0.05) is 26.6 Å². The molecule has 0 bridgehead atoms. The van der Waals surface area contributed by atoms with Gasteiger partial charge in [0.1, 0.15) is 0 Å². The summed E-state index contributed by atoms with van der Waals surface area (Å²) in [5.41, 5.74) is 2.00. The van der Waals surface area contributed by atoms with Gasteiger partial charge in [-0.2, -0.15) is 0 Å². The van der Waals surface area contributed by atoms with E-state index in [4.69, 9.17) is 0 Å². The van der Waals surface area contributed by atoms with Crippen molar-refractivity contribution in [3.05, 3.63) is 71.8 Å². The van der Waals surface area contributed by atoms with E-state index in [1.807, 2.05) is 67.6 Å². The lowest BCUT2D eigenvalue weighted by atomic mass is 9.78. The normalized spacial score (nSPS) is 23.3. The second-order valence-electron chi connectivity index (χ2n) is 9.47. The van der Waals surface area contributed by atoms with E-state index in [-0.39, 0.29) is 42.3 Å². The van der Waals surface area contributed by atoms with Crippen LogP contribution in [0.5, 0.6) is 0 Å². The second-order valence-corrected chi connectivity index (χ2v) is 11.5. The molecule has 0 saturated carbocycles. The van der Waals surface area contributed by atoms with Crippen LogP contribution in [0.15, 0.2) is 60.7 Å². The highest BCUT2D eigenvalue weighted by Gasteiger charge is 2.46. The smallest absolute Gasteiger partial charge is 0.322 e. The van der Waals surface area contributed by atoms with Gasteiger partial charge in [-0.05, 0) is 42.7 Å². The van der Waals surface area contributed by atoms with Gasteiger partial charge in [0.05, 0.1) is 18.3 Å². The Labute approximate surface area is 202 Å². The summed E-state index contributed by atoms with van der Waals surface area (Å²) in [6.45, 7) is 2.88. The zero-order valence-electron chi connectivity index (χ0n) is 20.0. The number of sulfonamides is 1. The van der Waals surface area contributed by atoms with Gasteiger partial charge in [-0.1, -0.05) is 60.7 Å². The van der Waals surface area contributed by atoms with Crippen LogP contribution >= 0.6 is 0 Å². The van der Waals surface area contributed by atoms with Crippen molar-refractivity contribution in [2.45, 2.75) is 44.2 Å². The van der Waals surface area contributed by atoms with E-state index in [1.54, 1.807) is 11.9 Å². The third kappa shape index (κ3) is 4.88. The molecule has 8 heteroatoms. The van der Waals surface area contributed by atoms with Gasteiger partial charge in [-0.3, -0.25) is 9.69 Å². The van der Waals surface area contributed by atoms with Crippen LogP contribution in [0.2, 0.25) is 0 Å². The predicted octanol–water partition coefficient (Wildman–Crippen LogP) is 3.86. The number of likely N-dealkylation sites (N-methyl/N-ethyl adjacent to an activating group) is 1. The van der Waals surface area contributed by atoms with Gasteiger partial charge < -0.3 is 4.90 Å². The number of carbonyl (C=O) groups is 2. The lowest BCUT2D eigenvalue weighted by Gasteiger charge is -2.36. The number of imide groups is 1. The molecule has 0 unspecified atom stereocenters. The van der Waals surface area contributed by atoms with Crippen molar-refractivity contribution in [3.63, 3.8) is 0 Å². The van der Waals surface area contributed by atoms with Crippen LogP contribution in [-0.4, -0.2) is 66.9 Å². The third-order valence-electron chi connectivity index (χ3n) is 7.42. The Morgan fingerprint density at radius 2 is 1.56 bits per heavy atom. The average Bonchev–Trinajstić information content (AvgIpc) is 3.07. The van der Waals surface area contributed by atoms with E-state index >= 15 is 0 Å². The largest absolute Gasteiger partial charge is 0.327 e. The van der Waals surface area contributed by atoms with E-state index in [0.717, 1.165) is 11.1 Å². The molecule has 34 heavy (non-hydrogen) atoms. The number of rotatable bonds is 6. The Hall–Kier alpha value is -2.71. The first kappa shape index (κ1) is 24.4. The zero-order chi connectivity index (χ0) is 24.5. The molecule has 2 heterocycles. The zero-order valence-corrected chi connectivity index (χ0v) is 20.8. The van der Waals surface area contributed by atoms with Crippen LogP contribution in [0.3, 0.4) is 0 Å². The van der Waals surface area contributed by atoms with Gasteiger partial charge in [0.2, 0.25) is 15.9 Å². The molecule has 0 aromatic heterocycles.